The highest BCUT2D eigenvalue weighted by molar-refractivity contribution is 5.75. The number of aliphatic hydroxyl groups excluding tert-OH is 1. The molecule has 2 N–H and O–H groups in total. The van der Waals surface area contributed by atoms with Crippen molar-refractivity contribution in [1.82, 2.24) is 19.8 Å². The Kier molecular flexibility index (Phi) is 5.38. The zero-order chi connectivity index (χ0) is 17.8. The van der Waals surface area contributed by atoms with Crippen LogP contribution in [-0.2, 0) is 0 Å². The summed E-state index contributed by atoms with van der Waals surface area (Å²) in [5.41, 5.74) is 2.10. The molecule has 1 aromatic heterocycles. The predicted molar refractivity (Wildman–Crippen MR) is 96.5 cm³/mol. The van der Waals surface area contributed by atoms with Crippen molar-refractivity contribution in [3.63, 3.8) is 0 Å². The maximum Gasteiger partial charge on any atom is 0.318 e. The minimum Gasteiger partial charge on any atom is -0.393 e. The number of urea groups is 1. The molecule has 0 bridgehead atoms. The van der Waals surface area contributed by atoms with Crippen LogP contribution in [0, 0.1) is 0 Å². The highest BCUT2D eigenvalue weighted by Gasteiger charge is 2.30. The van der Waals surface area contributed by atoms with Crippen LogP contribution in [0.2, 0.25) is 0 Å². The van der Waals surface area contributed by atoms with E-state index in [-0.39, 0.29) is 24.2 Å². The zero-order valence-electron chi connectivity index (χ0n) is 14.8. The number of nitrogens with one attached hydrogen (secondary N) is 1. The predicted octanol–water partition coefficient (Wildman–Crippen LogP) is 2.88. The molecule has 3 rings (SSSR count). The SMILES string of the molecule is C[C@H](O)C[C@H]1CCCN1C(=O)N[C@H](C)c1ccc(-n2ccnc2)cc1. The van der Waals surface area contributed by atoms with Crippen molar-refractivity contribution in [2.24, 2.45) is 0 Å². The van der Waals surface area contributed by atoms with Crippen molar-refractivity contribution < 1.29 is 9.90 Å². The van der Waals surface area contributed by atoms with Gasteiger partial charge in [0.2, 0.25) is 0 Å². The molecule has 1 fully saturated rings. The van der Waals surface area contributed by atoms with E-state index in [2.05, 4.69) is 10.3 Å². The van der Waals surface area contributed by atoms with Crippen molar-refractivity contribution in [1.29, 1.82) is 0 Å². The molecule has 0 radical (unpaired) electrons. The Hall–Kier alpha value is -2.34. The number of likely N-dealkylation sites (tertiary alicyclic amines) is 1. The summed E-state index contributed by atoms with van der Waals surface area (Å²) in [6.45, 7) is 4.53. The Morgan fingerprint density at radius 2 is 2.12 bits per heavy atom. The molecule has 3 atom stereocenters. The van der Waals surface area contributed by atoms with Crippen LogP contribution < -0.4 is 5.32 Å². The number of benzene rings is 1. The third-order valence-electron chi connectivity index (χ3n) is 4.79. The molecule has 0 unspecified atom stereocenters. The number of carbonyl (C=O) groups is 1. The molecule has 2 aromatic rings. The van der Waals surface area contributed by atoms with Gasteiger partial charge < -0.3 is 19.9 Å². The lowest BCUT2D eigenvalue weighted by atomic mass is 10.1. The number of hydrogen-bond donors (Lipinski definition) is 2. The summed E-state index contributed by atoms with van der Waals surface area (Å²) in [5.74, 6) is 0. The molecule has 1 aliphatic heterocycles. The first-order chi connectivity index (χ1) is 12.0. The lowest BCUT2D eigenvalue weighted by molar-refractivity contribution is 0.137. The van der Waals surface area contributed by atoms with Crippen LogP contribution >= 0.6 is 0 Å². The van der Waals surface area contributed by atoms with E-state index in [9.17, 15) is 9.90 Å². The maximum atomic E-state index is 12.6. The summed E-state index contributed by atoms with van der Waals surface area (Å²) in [5, 5.41) is 12.7. The number of imidazole rings is 1. The van der Waals surface area contributed by atoms with Gasteiger partial charge in [-0.2, -0.15) is 0 Å². The summed E-state index contributed by atoms with van der Waals surface area (Å²) in [6, 6.07) is 8.11. The average Bonchev–Trinajstić information content (AvgIpc) is 3.26. The van der Waals surface area contributed by atoms with Crippen LogP contribution in [0.15, 0.2) is 43.0 Å². The highest BCUT2D eigenvalue weighted by Crippen LogP contribution is 2.23. The molecule has 6 nitrogen and oxygen atoms in total. The van der Waals surface area contributed by atoms with Crippen LogP contribution in [0.4, 0.5) is 4.79 Å². The van der Waals surface area contributed by atoms with E-state index in [1.54, 1.807) is 19.4 Å². The second kappa shape index (κ2) is 7.70. The number of aliphatic hydroxyl groups is 1. The molecule has 6 heteroatoms. The smallest absolute Gasteiger partial charge is 0.318 e. The molecule has 0 saturated carbocycles. The third-order valence-corrected chi connectivity index (χ3v) is 4.79. The molecule has 1 aliphatic rings. The molecule has 2 heterocycles. The van der Waals surface area contributed by atoms with Crippen LogP contribution in [0.3, 0.4) is 0 Å². The van der Waals surface area contributed by atoms with E-state index < -0.39 is 0 Å². The molecule has 1 saturated heterocycles. The van der Waals surface area contributed by atoms with E-state index in [0.717, 1.165) is 30.6 Å². The molecule has 0 spiro atoms. The summed E-state index contributed by atoms with van der Waals surface area (Å²) < 4.78 is 1.94. The second-order valence-corrected chi connectivity index (χ2v) is 6.81. The minimum absolute atomic E-state index is 0.0469. The van der Waals surface area contributed by atoms with Crippen molar-refractivity contribution >= 4 is 6.03 Å². The second-order valence-electron chi connectivity index (χ2n) is 6.81. The van der Waals surface area contributed by atoms with Gasteiger partial charge in [-0.1, -0.05) is 12.1 Å². The lowest BCUT2D eigenvalue weighted by Crippen LogP contribution is -2.44. The van der Waals surface area contributed by atoms with Crippen molar-refractivity contribution in [2.75, 3.05) is 6.54 Å². The van der Waals surface area contributed by atoms with E-state index in [1.165, 1.54) is 0 Å². The quantitative estimate of drug-likeness (QED) is 0.878. The van der Waals surface area contributed by atoms with E-state index in [0.29, 0.717) is 6.42 Å². The van der Waals surface area contributed by atoms with Gasteiger partial charge in [0, 0.05) is 30.7 Å². The van der Waals surface area contributed by atoms with Gasteiger partial charge >= 0.3 is 6.03 Å². The molecular formula is C19H26N4O2. The summed E-state index contributed by atoms with van der Waals surface area (Å²) in [6.07, 6.45) is 7.63. The first-order valence-corrected chi connectivity index (χ1v) is 8.88. The minimum atomic E-state index is -0.383. The Morgan fingerprint density at radius 3 is 2.76 bits per heavy atom. The molecular weight excluding hydrogens is 316 g/mol. The molecule has 134 valence electrons. The standard InChI is InChI=1S/C19H26N4O2/c1-14(24)12-18-4-3-10-23(18)19(25)21-15(2)16-5-7-17(8-6-16)22-11-9-20-13-22/h5-9,11,13-15,18,24H,3-4,10,12H2,1-2H3,(H,21,25)/t14-,15+,18+/m0/s1. The van der Waals surface area contributed by atoms with Gasteiger partial charge in [0.15, 0.2) is 0 Å². The fourth-order valence-corrected chi connectivity index (χ4v) is 3.44. The largest absolute Gasteiger partial charge is 0.393 e. The molecule has 25 heavy (non-hydrogen) atoms. The fourth-order valence-electron chi connectivity index (χ4n) is 3.44. The van der Waals surface area contributed by atoms with Crippen LogP contribution in [0.25, 0.3) is 5.69 Å². The van der Waals surface area contributed by atoms with Gasteiger partial charge in [-0.25, -0.2) is 9.78 Å². The van der Waals surface area contributed by atoms with Gasteiger partial charge in [-0.15, -0.1) is 0 Å². The number of amides is 2. The van der Waals surface area contributed by atoms with Crippen molar-refractivity contribution in [3.8, 4) is 5.69 Å². The van der Waals surface area contributed by atoms with E-state index in [4.69, 9.17) is 0 Å². The lowest BCUT2D eigenvalue weighted by Gasteiger charge is -2.27. The van der Waals surface area contributed by atoms with E-state index in [1.807, 2.05) is 46.9 Å². The number of aromatic nitrogens is 2. The van der Waals surface area contributed by atoms with Gasteiger partial charge in [0.25, 0.3) is 0 Å². The maximum absolute atomic E-state index is 12.6. The Balaban J connectivity index is 1.61. The fraction of sp³-hybridized carbons (Fsp3) is 0.474. The van der Waals surface area contributed by atoms with Gasteiger partial charge in [0.05, 0.1) is 18.5 Å². The number of carbonyl (C=O) groups excluding carboxylic acids is 1. The first kappa shape index (κ1) is 17.5. The Morgan fingerprint density at radius 1 is 1.36 bits per heavy atom. The first-order valence-electron chi connectivity index (χ1n) is 8.88. The summed E-state index contributed by atoms with van der Waals surface area (Å²) in [7, 11) is 0. The van der Waals surface area contributed by atoms with Crippen molar-refractivity contribution in [2.45, 2.75) is 51.3 Å². The normalized spacial score (nSPS) is 19.6. The van der Waals surface area contributed by atoms with Gasteiger partial charge in [0.1, 0.15) is 0 Å². The molecule has 2 amide bonds. The highest BCUT2D eigenvalue weighted by atomic mass is 16.3. The van der Waals surface area contributed by atoms with Gasteiger partial charge in [-0.3, -0.25) is 0 Å². The Bertz CT molecular complexity index is 682. The van der Waals surface area contributed by atoms with Crippen molar-refractivity contribution in [3.05, 3.63) is 48.5 Å². The molecule has 0 aliphatic carbocycles. The summed E-state index contributed by atoms with van der Waals surface area (Å²) >= 11 is 0. The molecule has 1 aromatic carbocycles. The third kappa shape index (κ3) is 4.20. The number of hydrogen-bond acceptors (Lipinski definition) is 3. The van der Waals surface area contributed by atoms with Crippen LogP contribution in [-0.4, -0.2) is 44.3 Å². The average molecular weight is 342 g/mol. The monoisotopic (exact) mass is 342 g/mol. The zero-order valence-corrected chi connectivity index (χ0v) is 14.8. The summed E-state index contributed by atoms with van der Waals surface area (Å²) in [4.78, 5) is 18.5. The Labute approximate surface area is 148 Å². The van der Waals surface area contributed by atoms with Gasteiger partial charge in [-0.05, 0) is 50.8 Å². The number of nitrogens with zero attached hydrogens (tertiary/aromatic N) is 3. The van der Waals surface area contributed by atoms with Crippen LogP contribution in [0.5, 0.6) is 0 Å². The van der Waals surface area contributed by atoms with E-state index >= 15 is 0 Å². The number of rotatable bonds is 5. The van der Waals surface area contributed by atoms with Crippen LogP contribution in [0.1, 0.15) is 44.7 Å². The topological polar surface area (TPSA) is 70.4 Å².